The SMILES string of the molecule is CCCCCCC(=O)OO.[Zn]. The van der Waals surface area contributed by atoms with Crippen LogP contribution >= 0.6 is 0 Å². The fourth-order valence-corrected chi connectivity index (χ4v) is 0.742. The van der Waals surface area contributed by atoms with Gasteiger partial charge in [0.15, 0.2) is 0 Å². The van der Waals surface area contributed by atoms with Crippen molar-refractivity contribution in [2.75, 3.05) is 0 Å². The predicted molar refractivity (Wildman–Crippen MR) is 37.5 cm³/mol. The summed E-state index contributed by atoms with van der Waals surface area (Å²) < 4.78 is 0. The third-order valence-electron chi connectivity index (χ3n) is 1.34. The Morgan fingerprint density at radius 2 is 2.00 bits per heavy atom. The molecular weight excluding hydrogens is 197 g/mol. The molecule has 4 heteroatoms. The third-order valence-corrected chi connectivity index (χ3v) is 1.34. The Balaban J connectivity index is 0. The molecule has 11 heavy (non-hydrogen) atoms. The van der Waals surface area contributed by atoms with Gasteiger partial charge in [0.05, 0.1) is 0 Å². The molecule has 0 bridgehead atoms. The second-order valence-electron chi connectivity index (χ2n) is 2.27. The van der Waals surface area contributed by atoms with Crippen molar-refractivity contribution < 1.29 is 34.4 Å². The Kier molecular flexibility index (Phi) is 12.5. The molecule has 0 aliphatic rings. The van der Waals surface area contributed by atoms with Crippen LogP contribution in [0.2, 0.25) is 0 Å². The van der Waals surface area contributed by atoms with Crippen LogP contribution in [0.4, 0.5) is 0 Å². The molecule has 0 saturated carbocycles. The number of hydrogen-bond acceptors (Lipinski definition) is 3. The first-order chi connectivity index (χ1) is 4.81. The first-order valence-electron chi connectivity index (χ1n) is 3.65. The van der Waals surface area contributed by atoms with E-state index in [2.05, 4.69) is 11.8 Å². The van der Waals surface area contributed by atoms with Crippen molar-refractivity contribution >= 4 is 5.97 Å². The Hall–Kier alpha value is 0.0534. The minimum absolute atomic E-state index is 0. The molecule has 0 heterocycles. The van der Waals surface area contributed by atoms with Crippen molar-refractivity contribution in [3.05, 3.63) is 0 Å². The maximum Gasteiger partial charge on any atom is 0.342 e. The molecule has 0 aromatic rings. The molecule has 0 aromatic carbocycles. The standard InChI is InChI=1S/C7H14O3.Zn/c1-2-3-4-5-6-7(8)10-9;/h9H,2-6H2,1H3;. The van der Waals surface area contributed by atoms with Gasteiger partial charge < -0.3 is 4.89 Å². The third kappa shape index (κ3) is 10.1. The molecule has 0 rings (SSSR count). The van der Waals surface area contributed by atoms with E-state index in [1.54, 1.807) is 0 Å². The molecule has 1 N–H and O–H groups in total. The van der Waals surface area contributed by atoms with Crippen LogP contribution in [0.3, 0.4) is 0 Å². The second-order valence-corrected chi connectivity index (χ2v) is 2.27. The smallest absolute Gasteiger partial charge is 0.301 e. The minimum Gasteiger partial charge on any atom is -0.301 e. The van der Waals surface area contributed by atoms with Gasteiger partial charge in [-0.05, 0) is 6.42 Å². The first kappa shape index (κ1) is 13.6. The average Bonchev–Trinajstić information content (AvgIpc) is 1.98. The van der Waals surface area contributed by atoms with Crippen LogP contribution in [0.5, 0.6) is 0 Å². The van der Waals surface area contributed by atoms with Gasteiger partial charge in [-0.2, -0.15) is 5.26 Å². The van der Waals surface area contributed by atoms with Crippen LogP contribution in [0.25, 0.3) is 0 Å². The van der Waals surface area contributed by atoms with Crippen LogP contribution in [0, 0.1) is 0 Å². The number of unbranched alkanes of at least 4 members (excludes halogenated alkanes) is 3. The molecule has 0 fully saturated rings. The van der Waals surface area contributed by atoms with Crippen LogP contribution in [0.15, 0.2) is 0 Å². The number of carbonyl (C=O) groups is 1. The molecule has 0 amide bonds. The van der Waals surface area contributed by atoms with E-state index in [1.165, 1.54) is 0 Å². The molecule has 0 aliphatic heterocycles. The van der Waals surface area contributed by atoms with Crippen LogP contribution in [-0.2, 0) is 29.2 Å². The summed E-state index contributed by atoms with van der Waals surface area (Å²) in [6.07, 6.45) is 4.46. The Labute approximate surface area is 79.8 Å². The molecule has 0 spiro atoms. The Bertz CT molecular complexity index is 95.7. The van der Waals surface area contributed by atoms with Gasteiger partial charge in [-0.15, -0.1) is 0 Å². The predicted octanol–water partition coefficient (Wildman–Crippen LogP) is 1.97. The normalized spacial score (nSPS) is 8.55. The summed E-state index contributed by atoms with van der Waals surface area (Å²) in [6, 6.07) is 0. The van der Waals surface area contributed by atoms with Crippen molar-refractivity contribution in [2.24, 2.45) is 0 Å². The van der Waals surface area contributed by atoms with Crippen LogP contribution in [0.1, 0.15) is 39.0 Å². The van der Waals surface area contributed by atoms with E-state index >= 15 is 0 Å². The zero-order chi connectivity index (χ0) is 7.82. The van der Waals surface area contributed by atoms with Crippen molar-refractivity contribution in [1.29, 1.82) is 0 Å². The van der Waals surface area contributed by atoms with Gasteiger partial charge in [-0.3, -0.25) is 0 Å². The molecule has 0 atom stereocenters. The summed E-state index contributed by atoms with van der Waals surface area (Å²) in [6.45, 7) is 2.10. The summed E-state index contributed by atoms with van der Waals surface area (Å²) in [5, 5.41) is 7.84. The molecular formula is C7H14O3Zn. The molecule has 0 radical (unpaired) electrons. The van der Waals surface area contributed by atoms with Gasteiger partial charge in [0.2, 0.25) is 0 Å². The molecule has 62 valence electrons. The maximum absolute atomic E-state index is 10.3. The molecule has 3 nitrogen and oxygen atoms in total. The van der Waals surface area contributed by atoms with Gasteiger partial charge in [0.1, 0.15) is 0 Å². The maximum atomic E-state index is 10.3. The fraction of sp³-hybridized carbons (Fsp3) is 0.857. The van der Waals surface area contributed by atoms with Crippen molar-refractivity contribution in [2.45, 2.75) is 39.0 Å². The molecule has 0 aromatic heterocycles. The average molecular weight is 212 g/mol. The van der Waals surface area contributed by atoms with E-state index in [0.29, 0.717) is 6.42 Å². The van der Waals surface area contributed by atoms with Crippen LogP contribution < -0.4 is 0 Å². The fourth-order valence-electron chi connectivity index (χ4n) is 0.742. The second kappa shape index (κ2) is 10.1. The largest absolute Gasteiger partial charge is 0.342 e. The molecule has 0 saturated heterocycles. The first-order valence-corrected chi connectivity index (χ1v) is 3.65. The van der Waals surface area contributed by atoms with Gasteiger partial charge >= 0.3 is 5.97 Å². The van der Waals surface area contributed by atoms with Crippen LogP contribution in [-0.4, -0.2) is 11.2 Å². The number of carbonyl (C=O) groups excluding carboxylic acids is 1. The quantitative estimate of drug-likeness (QED) is 0.327. The van der Waals surface area contributed by atoms with Gasteiger partial charge in [0.25, 0.3) is 0 Å². The summed E-state index contributed by atoms with van der Waals surface area (Å²) in [7, 11) is 0. The molecule has 0 aliphatic carbocycles. The van der Waals surface area contributed by atoms with E-state index in [1.807, 2.05) is 0 Å². The summed E-state index contributed by atoms with van der Waals surface area (Å²) in [5.74, 6) is -0.531. The zero-order valence-electron chi connectivity index (χ0n) is 7.01. The summed E-state index contributed by atoms with van der Waals surface area (Å²) >= 11 is 0. The number of hydrogen-bond donors (Lipinski definition) is 1. The Morgan fingerprint density at radius 1 is 1.36 bits per heavy atom. The molecule has 0 unspecified atom stereocenters. The Morgan fingerprint density at radius 3 is 2.45 bits per heavy atom. The van der Waals surface area contributed by atoms with Crippen molar-refractivity contribution in [3.63, 3.8) is 0 Å². The van der Waals surface area contributed by atoms with Gasteiger partial charge in [-0.25, -0.2) is 4.79 Å². The van der Waals surface area contributed by atoms with Gasteiger partial charge in [0, 0.05) is 25.9 Å². The van der Waals surface area contributed by atoms with E-state index in [0.717, 1.165) is 25.7 Å². The van der Waals surface area contributed by atoms with Gasteiger partial charge in [-0.1, -0.05) is 26.2 Å². The van der Waals surface area contributed by atoms with Crippen molar-refractivity contribution in [1.82, 2.24) is 0 Å². The van der Waals surface area contributed by atoms with E-state index < -0.39 is 5.97 Å². The van der Waals surface area contributed by atoms with E-state index in [9.17, 15) is 4.79 Å². The van der Waals surface area contributed by atoms with E-state index in [-0.39, 0.29) is 19.5 Å². The zero-order valence-corrected chi connectivity index (χ0v) is 9.97. The topological polar surface area (TPSA) is 46.5 Å². The monoisotopic (exact) mass is 210 g/mol. The number of rotatable bonds is 5. The minimum atomic E-state index is -0.531. The summed E-state index contributed by atoms with van der Waals surface area (Å²) in [5.41, 5.74) is 0. The summed E-state index contributed by atoms with van der Waals surface area (Å²) in [4.78, 5) is 13.8. The van der Waals surface area contributed by atoms with E-state index in [4.69, 9.17) is 5.26 Å². The van der Waals surface area contributed by atoms with Crippen molar-refractivity contribution in [3.8, 4) is 0 Å².